The lowest BCUT2D eigenvalue weighted by Crippen LogP contribution is -2.63. The molecule has 10 heteroatoms. The molecule has 0 fully saturated rings. The van der Waals surface area contributed by atoms with Gasteiger partial charge in [0.25, 0.3) is 14.9 Å². The summed E-state index contributed by atoms with van der Waals surface area (Å²) in [6.45, 7) is 3.04. The topological polar surface area (TPSA) is 54.4 Å². The molecular weight excluding hydrogens is 338 g/mol. The first-order valence-corrected chi connectivity index (χ1v) is 7.24. The van der Waals surface area contributed by atoms with Gasteiger partial charge in [-0.15, -0.1) is 0 Å². The number of benzene rings is 1. The summed E-state index contributed by atoms with van der Waals surface area (Å²) in [4.78, 5) is 0. The Bertz CT molecular complexity index is 646. The average Bonchev–Trinajstić information content (AvgIpc) is 2.25. The lowest BCUT2D eigenvalue weighted by atomic mass is 9.94. The molecule has 0 saturated heterocycles. The molecule has 22 heavy (non-hydrogen) atoms. The maximum absolute atomic E-state index is 13.0. The van der Waals surface area contributed by atoms with Gasteiger partial charge in [-0.3, -0.25) is 4.55 Å². The molecule has 0 heterocycles. The molecule has 1 aromatic rings. The number of hydrogen-bond donors (Lipinski definition) is 1. The monoisotopic (exact) mass is 350 g/mol. The third-order valence-corrected chi connectivity index (χ3v) is 4.87. The van der Waals surface area contributed by atoms with Gasteiger partial charge in [0.1, 0.15) is 0 Å². The van der Waals surface area contributed by atoms with E-state index in [9.17, 15) is 34.8 Å². The molecule has 0 radical (unpaired) electrons. The van der Waals surface area contributed by atoms with Crippen LogP contribution in [-0.2, 0) is 16.5 Å². The van der Waals surface area contributed by atoms with Gasteiger partial charge in [0.05, 0.1) is 0 Å². The minimum Gasteiger partial charge on any atom is -0.285 e. The van der Waals surface area contributed by atoms with E-state index in [-0.39, 0.29) is 0 Å². The van der Waals surface area contributed by atoms with Gasteiger partial charge in [-0.2, -0.15) is 34.8 Å². The van der Waals surface area contributed by atoms with E-state index < -0.39 is 39.2 Å². The van der Waals surface area contributed by atoms with Crippen LogP contribution in [-0.4, -0.2) is 30.1 Å². The van der Waals surface area contributed by atoms with E-state index in [4.69, 9.17) is 4.55 Å². The van der Waals surface area contributed by atoms with Crippen LogP contribution < -0.4 is 0 Å². The van der Waals surface area contributed by atoms with Crippen molar-refractivity contribution >= 4 is 10.1 Å². The minimum absolute atomic E-state index is 0.395. The van der Waals surface area contributed by atoms with E-state index in [1.807, 2.05) is 0 Å². The second kappa shape index (κ2) is 5.41. The summed E-state index contributed by atoms with van der Waals surface area (Å²) >= 11 is 0. The van der Waals surface area contributed by atoms with Crippen molar-refractivity contribution in [3.63, 3.8) is 0 Å². The Morgan fingerprint density at radius 3 is 1.73 bits per heavy atom. The molecule has 126 valence electrons. The third-order valence-electron chi connectivity index (χ3n) is 3.38. The molecule has 0 unspecified atom stereocenters. The lowest BCUT2D eigenvalue weighted by Gasteiger charge is -2.34. The second-order valence-electron chi connectivity index (χ2n) is 4.89. The van der Waals surface area contributed by atoms with Crippen molar-refractivity contribution in [2.24, 2.45) is 0 Å². The van der Waals surface area contributed by atoms with Crippen molar-refractivity contribution in [2.45, 2.75) is 37.4 Å². The Kier molecular flexibility index (Phi) is 4.61. The number of rotatable bonds is 3. The molecule has 0 aromatic heterocycles. The number of aryl methyl sites for hydroxylation is 2. The molecule has 0 saturated carbocycles. The van der Waals surface area contributed by atoms with E-state index >= 15 is 0 Å². The van der Waals surface area contributed by atoms with Crippen LogP contribution in [0.25, 0.3) is 0 Å². The Morgan fingerprint density at radius 1 is 0.955 bits per heavy atom. The Balaban J connectivity index is 3.61. The zero-order valence-corrected chi connectivity index (χ0v) is 12.2. The SMILES string of the molecule is Cc1ccc(CC(C(F)(F)F)(C(F)(F)F)S(=O)(=O)O)cc1C. The Hall–Kier alpha value is -1.29. The van der Waals surface area contributed by atoms with Gasteiger partial charge in [0.2, 0.25) is 0 Å². The summed E-state index contributed by atoms with van der Waals surface area (Å²) in [6, 6.07) is 3.25. The number of halogens is 6. The van der Waals surface area contributed by atoms with Crippen LogP contribution in [0.4, 0.5) is 26.3 Å². The first-order chi connectivity index (χ1) is 9.63. The molecule has 0 bridgehead atoms. The quantitative estimate of drug-likeness (QED) is 0.669. The fourth-order valence-corrected chi connectivity index (χ4v) is 2.88. The molecule has 0 spiro atoms. The second-order valence-corrected chi connectivity index (χ2v) is 6.54. The molecule has 3 nitrogen and oxygen atoms in total. The average molecular weight is 350 g/mol. The number of alkyl halides is 6. The highest BCUT2D eigenvalue weighted by atomic mass is 32.2. The van der Waals surface area contributed by atoms with Crippen molar-refractivity contribution in [1.82, 2.24) is 0 Å². The van der Waals surface area contributed by atoms with Crippen molar-refractivity contribution in [2.75, 3.05) is 0 Å². The first kappa shape index (κ1) is 18.8. The highest BCUT2D eigenvalue weighted by Crippen LogP contribution is 2.50. The zero-order chi connectivity index (χ0) is 17.6. The smallest absolute Gasteiger partial charge is 0.285 e. The van der Waals surface area contributed by atoms with Crippen molar-refractivity contribution in [3.8, 4) is 0 Å². The maximum atomic E-state index is 13.0. The highest BCUT2D eigenvalue weighted by molar-refractivity contribution is 7.87. The molecule has 1 aromatic carbocycles. The predicted octanol–water partition coefficient (Wildman–Crippen LogP) is 3.60. The molecule has 1 rings (SSSR count). The molecule has 0 atom stereocenters. The molecule has 1 N–H and O–H groups in total. The summed E-state index contributed by atoms with van der Waals surface area (Å²) in [5.41, 5.74) is 0.502. The zero-order valence-electron chi connectivity index (χ0n) is 11.4. The van der Waals surface area contributed by atoms with Gasteiger partial charge in [-0.25, -0.2) is 0 Å². The summed E-state index contributed by atoms with van der Waals surface area (Å²) in [5.74, 6) is 0. The van der Waals surface area contributed by atoms with E-state index in [0.717, 1.165) is 12.1 Å². The molecule has 0 aliphatic heterocycles. The van der Waals surface area contributed by atoms with Gasteiger partial charge < -0.3 is 0 Å². The van der Waals surface area contributed by atoms with E-state index in [1.54, 1.807) is 6.92 Å². The normalized spacial score (nSPS) is 14.2. The van der Waals surface area contributed by atoms with Crippen molar-refractivity contribution < 1.29 is 39.3 Å². The lowest BCUT2D eigenvalue weighted by molar-refractivity contribution is -0.268. The highest BCUT2D eigenvalue weighted by Gasteiger charge is 2.78. The predicted molar refractivity (Wildman–Crippen MR) is 66.0 cm³/mol. The summed E-state index contributed by atoms with van der Waals surface area (Å²) in [7, 11) is -6.51. The summed E-state index contributed by atoms with van der Waals surface area (Å²) in [5, 5.41) is 0. The fraction of sp³-hybridized carbons (Fsp3) is 0.500. The summed E-state index contributed by atoms with van der Waals surface area (Å²) in [6.07, 6.45) is -14.4. The Labute approximate surface area is 122 Å². The van der Waals surface area contributed by atoms with Crippen LogP contribution in [0.2, 0.25) is 0 Å². The van der Waals surface area contributed by atoms with Crippen LogP contribution in [0, 0.1) is 13.8 Å². The minimum atomic E-state index is -6.51. The van der Waals surface area contributed by atoms with Gasteiger partial charge >= 0.3 is 12.4 Å². The van der Waals surface area contributed by atoms with Crippen LogP contribution in [0.5, 0.6) is 0 Å². The largest absolute Gasteiger partial charge is 0.419 e. The standard InChI is InChI=1S/C12H12F6O3S/c1-7-3-4-9(5-8(7)2)6-10(11(13,14)15,12(16,17)18)22(19,20)21/h3-5H,6H2,1-2H3,(H,19,20,21). The summed E-state index contributed by atoms with van der Waals surface area (Å²) < 4.78 is 103. The van der Waals surface area contributed by atoms with Crippen LogP contribution in [0.1, 0.15) is 16.7 Å². The molecule has 0 aliphatic rings. The fourth-order valence-electron chi connectivity index (χ4n) is 1.95. The molecule has 0 amide bonds. The van der Waals surface area contributed by atoms with E-state index in [0.29, 0.717) is 11.1 Å². The molecular formula is C12H12F6O3S. The number of hydrogen-bond acceptors (Lipinski definition) is 2. The first-order valence-electron chi connectivity index (χ1n) is 5.80. The van der Waals surface area contributed by atoms with Crippen LogP contribution in [0.3, 0.4) is 0 Å². The third kappa shape index (κ3) is 3.07. The van der Waals surface area contributed by atoms with Crippen molar-refractivity contribution in [3.05, 3.63) is 34.9 Å². The molecule has 0 aliphatic carbocycles. The van der Waals surface area contributed by atoms with Gasteiger partial charge in [0, 0.05) is 6.42 Å². The van der Waals surface area contributed by atoms with Crippen LogP contribution >= 0.6 is 0 Å². The Morgan fingerprint density at radius 2 is 1.41 bits per heavy atom. The maximum Gasteiger partial charge on any atom is 0.419 e. The van der Waals surface area contributed by atoms with Crippen LogP contribution in [0.15, 0.2) is 18.2 Å². The van der Waals surface area contributed by atoms with E-state index in [2.05, 4.69) is 0 Å². The van der Waals surface area contributed by atoms with Gasteiger partial charge in [0.15, 0.2) is 0 Å². The van der Waals surface area contributed by atoms with Crippen molar-refractivity contribution in [1.29, 1.82) is 0 Å². The van der Waals surface area contributed by atoms with Gasteiger partial charge in [-0.05, 0) is 30.5 Å². The van der Waals surface area contributed by atoms with Gasteiger partial charge in [-0.1, -0.05) is 18.2 Å². The van der Waals surface area contributed by atoms with E-state index in [1.165, 1.54) is 13.0 Å².